The summed E-state index contributed by atoms with van der Waals surface area (Å²) in [6, 6.07) is 20.0. The number of hydrogen-bond donors (Lipinski definition) is 2. The van der Waals surface area contributed by atoms with Crippen LogP contribution in [0.5, 0.6) is 5.75 Å². The molecule has 8 heteroatoms. The summed E-state index contributed by atoms with van der Waals surface area (Å²) in [6.07, 6.45) is 1.35. The number of amides is 1. The minimum atomic E-state index is -1.08. The molecule has 0 aliphatic carbocycles. The molecule has 0 aliphatic heterocycles. The lowest BCUT2D eigenvalue weighted by Crippen LogP contribution is -2.13. The van der Waals surface area contributed by atoms with Gasteiger partial charge in [0.15, 0.2) is 5.75 Å². The molecule has 0 fully saturated rings. The number of hydrogen-bond acceptors (Lipinski definition) is 4. The summed E-state index contributed by atoms with van der Waals surface area (Å²) in [5, 5.41) is 21.4. The molecule has 0 aliphatic rings. The van der Waals surface area contributed by atoms with Gasteiger partial charge in [-0.1, -0.05) is 53.5 Å². The molecule has 1 amide bonds. The number of ether oxygens (including phenoxy) is 1. The summed E-state index contributed by atoms with van der Waals surface area (Å²) in [5.74, 6) is -1.44. The van der Waals surface area contributed by atoms with Gasteiger partial charge in [-0.25, -0.2) is 4.79 Å². The molecule has 3 aromatic rings. The van der Waals surface area contributed by atoms with E-state index in [2.05, 4.69) is 5.32 Å². The zero-order chi connectivity index (χ0) is 23.1. The smallest absolute Gasteiger partial charge is 0.335 e. The summed E-state index contributed by atoms with van der Waals surface area (Å²) in [6.45, 7) is 0.280. The Kier molecular flexibility index (Phi) is 7.50. The van der Waals surface area contributed by atoms with E-state index in [9.17, 15) is 14.9 Å². The van der Waals surface area contributed by atoms with Crippen LogP contribution in [0, 0.1) is 11.3 Å². The maximum atomic E-state index is 12.5. The lowest BCUT2D eigenvalue weighted by atomic mass is 10.1. The average molecular weight is 467 g/mol. The molecule has 3 aromatic carbocycles. The van der Waals surface area contributed by atoms with E-state index < -0.39 is 11.9 Å². The van der Waals surface area contributed by atoms with Gasteiger partial charge in [0.1, 0.15) is 18.2 Å². The van der Waals surface area contributed by atoms with Crippen molar-refractivity contribution in [3.05, 3.63) is 99.0 Å². The number of halogens is 2. The van der Waals surface area contributed by atoms with Crippen LogP contribution in [0.1, 0.15) is 21.5 Å². The normalized spacial score (nSPS) is 10.8. The molecular weight excluding hydrogens is 451 g/mol. The number of nitrogens with one attached hydrogen (secondary N) is 1. The van der Waals surface area contributed by atoms with Crippen LogP contribution >= 0.6 is 23.2 Å². The molecule has 160 valence electrons. The van der Waals surface area contributed by atoms with Crippen molar-refractivity contribution in [2.45, 2.75) is 6.61 Å². The highest BCUT2D eigenvalue weighted by atomic mass is 35.5. The summed E-state index contributed by atoms with van der Waals surface area (Å²) >= 11 is 12.6. The fourth-order valence-electron chi connectivity index (χ4n) is 2.74. The highest BCUT2D eigenvalue weighted by molar-refractivity contribution is 6.37. The second kappa shape index (κ2) is 10.5. The average Bonchev–Trinajstić information content (AvgIpc) is 2.78. The fraction of sp³-hybridized carbons (Fsp3) is 0.0417. The molecular formula is C24H16Cl2N2O4. The van der Waals surface area contributed by atoms with Gasteiger partial charge in [-0.15, -0.1) is 0 Å². The summed E-state index contributed by atoms with van der Waals surface area (Å²) in [5.41, 5.74) is 1.64. The Balaban J connectivity index is 1.75. The standard InChI is InChI=1S/C24H16Cl2N2O4/c25-20-11-16(12-21(26)22(20)32-14-15-4-2-1-3-5-15)10-18(13-27)23(29)28-19-8-6-17(7-9-19)24(30)31/h1-12H,14H2,(H,28,29)(H,30,31)/b18-10+. The summed E-state index contributed by atoms with van der Waals surface area (Å²) in [4.78, 5) is 23.4. The van der Waals surface area contributed by atoms with Crippen molar-refractivity contribution in [3.8, 4) is 11.8 Å². The number of carboxylic acid groups (broad SMARTS) is 1. The highest BCUT2D eigenvalue weighted by Crippen LogP contribution is 2.35. The fourth-order valence-corrected chi connectivity index (χ4v) is 3.35. The van der Waals surface area contributed by atoms with Crippen molar-refractivity contribution in [2.75, 3.05) is 5.32 Å². The topological polar surface area (TPSA) is 99.4 Å². The Morgan fingerprint density at radius 1 is 1.03 bits per heavy atom. The maximum absolute atomic E-state index is 12.5. The number of anilines is 1. The van der Waals surface area contributed by atoms with Crippen molar-refractivity contribution in [1.29, 1.82) is 5.26 Å². The first-order chi connectivity index (χ1) is 15.4. The van der Waals surface area contributed by atoms with Crippen molar-refractivity contribution >= 4 is 46.8 Å². The third-order valence-corrected chi connectivity index (χ3v) is 4.87. The van der Waals surface area contributed by atoms with Crippen LogP contribution in [-0.2, 0) is 11.4 Å². The van der Waals surface area contributed by atoms with Crippen LogP contribution in [0.15, 0.2) is 72.3 Å². The van der Waals surface area contributed by atoms with E-state index in [4.69, 9.17) is 33.0 Å². The van der Waals surface area contributed by atoms with E-state index in [1.54, 1.807) is 12.1 Å². The Morgan fingerprint density at radius 2 is 1.66 bits per heavy atom. The lowest BCUT2D eigenvalue weighted by Gasteiger charge is -2.11. The predicted molar refractivity (Wildman–Crippen MR) is 123 cm³/mol. The minimum Gasteiger partial charge on any atom is -0.486 e. The first-order valence-corrected chi connectivity index (χ1v) is 10.0. The number of benzene rings is 3. The van der Waals surface area contributed by atoms with E-state index in [0.29, 0.717) is 17.0 Å². The molecule has 0 bridgehead atoms. The zero-order valence-electron chi connectivity index (χ0n) is 16.5. The summed E-state index contributed by atoms with van der Waals surface area (Å²) < 4.78 is 5.72. The van der Waals surface area contributed by atoms with Gasteiger partial charge in [-0.3, -0.25) is 4.79 Å². The van der Waals surface area contributed by atoms with Crippen molar-refractivity contribution < 1.29 is 19.4 Å². The number of carboxylic acids is 1. The van der Waals surface area contributed by atoms with Gasteiger partial charge in [-0.2, -0.15) is 5.26 Å². The number of nitriles is 1. The Hall–Kier alpha value is -3.79. The van der Waals surface area contributed by atoms with E-state index in [0.717, 1.165) is 5.56 Å². The van der Waals surface area contributed by atoms with Gasteiger partial charge >= 0.3 is 5.97 Å². The number of nitrogens with zero attached hydrogens (tertiary/aromatic N) is 1. The van der Waals surface area contributed by atoms with Crippen LogP contribution in [0.25, 0.3) is 6.08 Å². The third-order valence-electron chi connectivity index (χ3n) is 4.31. The predicted octanol–water partition coefficient (Wildman–Crippen LogP) is 5.82. The Labute approximate surface area is 194 Å². The molecule has 3 rings (SSSR count). The molecule has 2 N–H and O–H groups in total. The number of carbonyl (C=O) groups is 2. The molecule has 0 atom stereocenters. The second-order valence-electron chi connectivity index (χ2n) is 6.59. The molecule has 6 nitrogen and oxygen atoms in total. The Bertz CT molecular complexity index is 1190. The van der Waals surface area contributed by atoms with Crippen molar-refractivity contribution in [3.63, 3.8) is 0 Å². The number of aromatic carboxylic acids is 1. The van der Waals surface area contributed by atoms with Crippen LogP contribution in [-0.4, -0.2) is 17.0 Å². The van der Waals surface area contributed by atoms with Crippen molar-refractivity contribution in [1.82, 2.24) is 0 Å². The molecule has 0 radical (unpaired) electrons. The summed E-state index contributed by atoms with van der Waals surface area (Å²) in [7, 11) is 0. The van der Waals surface area contributed by atoms with Gasteiger partial charge in [0, 0.05) is 5.69 Å². The van der Waals surface area contributed by atoms with Gasteiger partial charge < -0.3 is 15.2 Å². The third kappa shape index (κ3) is 5.88. The van der Waals surface area contributed by atoms with Crippen LogP contribution in [0.2, 0.25) is 10.0 Å². The van der Waals surface area contributed by atoms with E-state index in [-0.39, 0.29) is 27.8 Å². The Morgan fingerprint density at radius 3 is 2.22 bits per heavy atom. The molecule has 0 heterocycles. The number of carbonyl (C=O) groups excluding carboxylic acids is 1. The molecule has 0 aromatic heterocycles. The van der Waals surface area contributed by atoms with E-state index in [1.807, 2.05) is 36.4 Å². The molecule has 0 spiro atoms. The molecule has 32 heavy (non-hydrogen) atoms. The highest BCUT2D eigenvalue weighted by Gasteiger charge is 2.13. The maximum Gasteiger partial charge on any atom is 0.335 e. The van der Waals surface area contributed by atoms with E-state index in [1.165, 1.54) is 30.3 Å². The molecule has 0 unspecified atom stereocenters. The first kappa shape index (κ1) is 22.9. The minimum absolute atomic E-state index is 0.0814. The monoisotopic (exact) mass is 466 g/mol. The van der Waals surface area contributed by atoms with Crippen LogP contribution in [0.3, 0.4) is 0 Å². The molecule has 0 saturated heterocycles. The first-order valence-electron chi connectivity index (χ1n) is 9.29. The zero-order valence-corrected chi connectivity index (χ0v) is 18.0. The van der Waals surface area contributed by atoms with E-state index >= 15 is 0 Å². The van der Waals surface area contributed by atoms with Crippen molar-refractivity contribution in [2.24, 2.45) is 0 Å². The van der Waals surface area contributed by atoms with Gasteiger partial charge in [0.2, 0.25) is 0 Å². The van der Waals surface area contributed by atoms with Gasteiger partial charge in [0.05, 0.1) is 15.6 Å². The van der Waals surface area contributed by atoms with Gasteiger partial charge in [-0.05, 0) is 53.6 Å². The largest absolute Gasteiger partial charge is 0.486 e. The number of rotatable bonds is 7. The SMILES string of the molecule is N#C/C(=C\c1cc(Cl)c(OCc2ccccc2)c(Cl)c1)C(=O)Nc1ccc(C(=O)O)cc1. The quantitative estimate of drug-likeness (QED) is 0.337. The van der Waals surface area contributed by atoms with Crippen LogP contribution < -0.4 is 10.1 Å². The molecule has 0 saturated carbocycles. The van der Waals surface area contributed by atoms with Crippen LogP contribution in [0.4, 0.5) is 5.69 Å². The van der Waals surface area contributed by atoms with Gasteiger partial charge in [0.25, 0.3) is 5.91 Å². The lowest BCUT2D eigenvalue weighted by molar-refractivity contribution is -0.112. The second-order valence-corrected chi connectivity index (χ2v) is 7.41.